The molecule has 1 aliphatic carbocycles. The molecule has 1 fully saturated rings. The van der Waals surface area contributed by atoms with Crippen LogP contribution in [0.5, 0.6) is 0 Å². The van der Waals surface area contributed by atoms with Crippen molar-refractivity contribution in [3.63, 3.8) is 0 Å². The zero-order valence-corrected chi connectivity index (χ0v) is 11.8. The van der Waals surface area contributed by atoms with E-state index in [2.05, 4.69) is 43.0 Å². The van der Waals surface area contributed by atoms with Gasteiger partial charge in [-0.1, -0.05) is 44.5 Å². The van der Waals surface area contributed by atoms with E-state index in [0.29, 0.717) is 5.41 Å². The van der Waals surface area contributed by atoms with Crippen molar-refractivity contribution < 1.29 is 0 Å². The van der Waals surface area contributed by atoms with Gasteiger partial charge in [0.05, 0.1) is 0 Å². The van der Waals surface area contributed by atoms with Crippen LogP contribution in [0.3, 0.4) is 0 Å². The molecule has 0 amide bonds. The number of nitrogens with two attached hydrogens (primary N) is 1. The van der Waals surface area contributed by atoms with Crippen LogP contribution in [-0.2, 0) is 12.0 Å². The van der Waals surface area contributed by atoms with E-state index in [4.69, 9.17) is 5.73 Å². The Kier molecular flexibility index (Phi) is 4.41. The Labute approximate surface area is 111 Å². The van der Waals surface area contributed by atoms with Gasteiger partial charge in [0, 0.05) is 18.5 Å². The summed E-state index contributed by atoms with van der Waals surface area (Å²) in [5.74, 6) is 0. The summed E-state index contributed by atoms with van der Waals surface area (Å²) in [5, 5.41) is 0. The highest BCUT2D eigenvalue weighted by atomic mass is 15.1. The molecule has 2 N–H and O–H groups in total. The summed E-state index contributed by atoms with van der Waals surface area (Å²) in [4.78, 5) is 2.44. The van der Waals surface area contributed by atoms with Crippen molar-refractivity contribution in [3.8, 4) is 0 Å². The summed E-state index contributed by atoms with van der Waals surface area (Å²) in [6.45, 7) is 8.52. The third-order valence-corrected chi connectivity index (χ3v) is 4.57. The first kappa shape index (κ1) is 13.6. The number of nitrogens with zero attached hydrogens (tertiary/aromatic N) is 1. The van der Waals surface area contributed by atoms with Gasteiger partial charge in [0.25, 0.3) is 0 Å². The Morgan fingerprint density at radius 2 is 1.72 bits per heavy atom. The van der Waals surface area contributed by atoms with Gasteiger partial charge in [-0.05, 0) is 37.1 Å². The molecule has 2 nitrogen and oxygen atoms in total. The molecule has 2 heteroatoms. The van der Waals surface area contributed by atoms with Crippen LogP contribution in [0.2, 0.25) is 0 Å². The van der Waals surface area contributed by atoms with Crippen LogP contribution in [-0.4, -0.2) is 24.5 Å². The molecule has 0 radical (unpaired) electrons. The molecule has 0 atom stereocenters. The lowest BCUT2D eigenvalue weighted by Gasteiger charge is -2.41. The molecule has 1 aromatic rings. The average molecular weight is 246 g/mol. The molecule has 0 aromatic heterocycles. The fourth-order valence-electron chi connectivity index (χ4n) is 2.88. The highest BCUT2D eigenvalue weighted by Gasteiger charge is 2.36. The SMILES string of the molecule is CCN(CC)Cc1ccc(C2(CN)CCC2)cc1. The van der Waals surface area contributed by atoms with Gasteiger partial charge in [-0.3, -0.25) is 4.90 Å². The minimum Gasteiger partial charge on any atom is -0.330 e. The fourth-order valence-corrected chi connectivity index (χ4v) is 2.88. The Bertz CT molecular complexity index is 356. The molecule has 0 bridgehead atoms. The molecule has 0 aliphatic heterocycles. The van der Waals surface area contributed by atoms with Crippen molar-refractivity contribution in [2.45, 2.75) is 45.1 Å². The maximum atomic E-state index is 5.95. The first-order valence-electron chi connectivity index (χ1n) is 7.26. The van der Waals surface area contributed by atoms with Gasteiger partial charge in [-0.15, -0.1) is 0 Å². The maximum Gasteiger partial charge on any atom is 0.0233 e. The molecule has 18 heavy (non-hydrogen) atoms. The number of hydrogen-bond donors (Lipinski definition) is 1. The average Bonchev–Trinajstić information content (AvgIpc) is 2.37. The van der Waals surface area contributed by atoms with Crippen LogP contribution in [0.15, 0.2) is 24.3 Å². The van der Waals surface area contributed by atoms with Gasteiger partial charge in [-0.25, -0.2) is 0 Å². The largest absolute Gasteiger partial charge is 0.330 e. The summed E-state index contributed by atoms with van der Waals surface area (Å²) >= 11 is 0. The molecule has 0 heterocycles. The van der Waals surface area contributed by atoms with Crippen molar-refractivity contribution in [3.05, 3.63) is 35.4 Å². The van der Waals surface area contributed by atoms with Crippen LogP contribution in [0.1, 0.15) is 44.2 Å². The predicted molar refractivity (Wildman–Crippen MR) is 77.7 cm³/mol. The van der Waals surface area contributed by atoms with Gasteiger partial charge < -0.3 is 5.73 Å². The topological polar surface area (TPSA) is 29.3 Å². The van der Waals surface area contributed by atoms with Crippen LogP contribution >= 0.6 is 0 Å². The second-order valence-corrected chi connectivity index (χ2v) is 5.50. The second-order valence-electron chi connectivity index (χ2n) is 5.50. The van der Waals surface area contributed by atoms with E-state index in [0.717, 1.165) is 26.2 Å². The van der Waals surface area contributed by atoms with Crippen LogP contribution in [0.25, 0.3) is 0 Å². The third kappa shape index (κ3) is 2.60. The van der Waals surface area contributed by atoms with Gasteiger partial charge in [0.2, 0.25) is 0 Å². The molecule has 0 saturated heterocycles. The number of benzene rings is 1. The zero-order chi connectivity index (χ0) is 13.0. The van der Waals surface area contributed by atoms with Gasteiger partial charge in [0.15, 0.2) is 0 Å². The van der Waals surface area contributed by atoms with Crippen LogP contribution < -0.4 is 5.73 Å². The predicted octanol–water partition coefficient (Wildman–Crippen LogP) is 2.91. The van der Waals surface area contributed by atoms with Crippen LogP contribution in [0, 0.1) is 0 Å². The van der Waals surface area contributed by atoms with E-state index >= 15 is 0 Å². The van der Waals surface area contributed by atoms with Crippen molar-refractivity contribution in [2.75, 3.05) is 19.6 Å². The number of rotatable bonds is 6. The quantitative estimate of drug-likeness (QED) is 0.836. The summed E-state index contributed by atoms with van der Waals surface area (Å²) in [7, 11) is 0. The summed E-state index contributed by atoms with van der Waals surface area (Å²) in [6, 6.07) is 9.16. The van der Waals surface area contributed by atoms with Gasteiger partial charge in [-0.2, -0.15) is 0 Å². The van der Waals surface area contributed by atoms with Gasteiger partial charge in [0.1, 0.15) is 0 Å². The molecule has 0 spiro atoms. The minimum absolute atomic E-state index is 0.299. The monoisotopic (exact) mass is 246 g/mol. The molecule has 1 saturated carbocycles. The van der Waals surface area contributed by atoms with Crippen molar-refractivity contribution >= 4 is 0 Å². The standard InChI is InChI=1S/C16H26N2/c1-3-18(4-2)12-14-6-8-15(9-7-14)16(13-17)10-5-11-16/h6-9H,3-5,10-13,17H2,1-2H3. The molecule has 1 aromatic carbocycles. The highest BCUT2D eigenvalue weighted by Crippen LogP contribution is 2.42. The number of hydrogen-bond acceptors (Lipinski definition) is 2. The smallest absolute Gasteiger partial charge is 0.0233 e. The van der Waals surface area contributed by atoms with E-state index in [1.807, 2.05) is 0 Å². The Hall–Kier alpha value is -0.860. The van der Waals surface area contributed by atoms with E-state index in [9.17, 15) is 0 Å². The highest BCUT2D eigenvalue weighted by molar-refractivity contribution is 5.31. The Morgan fingerprint density at radius 1 is 1.11 bits per heavy atom. The molecule has 0 unspecified atom stereocenters. The summed E-state index contributed by atoms with van der Waals surface area (Å²) in [6.07, 6.45) is 3.86. The molecular formula is C16H26N2. The fraction of sp³-hybridized carbons (Fsp3) is 0.625. The first-order chi connectivity index (χ1) is 8.74. The Morgan fingerprint density at radius 3 is 2.11 bits per heavy atom. The lowest BCUT2D eigenvalue weighted by molar-refractivity contribution is 0.253. The normalized spacial score (nSPS) is 17.8. The van der Waals surface area contributed by atoms with Crippen molar-refractivity contribution in [1.82, 2.24) is 4.90 Å². The lowest BCUT2D eigenvalue weighted by atomic mass is 9.64. The summed E-state index contributed by atoms with van der Waals surface area (Å²) in [5.41, 5.74) is 9.11. The van der Waals surface area contributed by atoms with E-state index < -0.39 is 0 Å². The van der Waals surface area contributed by atoms with E-state index in [1.165, 1.54) is 30.4 Å². The second kappa shape index (κ2) is 5.85. The first-order valence-corrected chi connectivity index (χ1v) is 7.26. The van der Waals surface area contributed by atoms with Crippen molar-refractivity contribution in [2.24, 2.45) is 5.73 Å². The molecule has 2 rings (SSSR count). The van der Waals surface area contributed by atoms with E-state index in [1.54, 1.807) is 0 Å². The van der Waals surface area contributed by atoms with Crippen molar-refractivity contribution in [1.29, 1.82) is 0 Å². The lowest BCUT2D eigenvalue weighted by Crippen LogP contribution is -2.41. The van der Waals surface area contributed by atoms with Gasteiger partial charge >= 0.3 is 0 Å². The minimum atomic E-state index is 0.299. The molecular weight excluding hydrogens is 220 g/mol. The third-order valence-electron chi connectivity index (χ3n) is 4.57. The summed E-state index contributed by atoms with van der Waals surface area (Å²) < 4.78 is 0. The Balaban J connectivity index is 2.05. The molecule has 100 valence electrons. The molecule has 1 aliphatic rings. The zero-order valence-electron chi connectivity index (χ0n) is 11.8. The maximum absolute atomic E-state index is 5.95. The van der Waals surface area contributed by atoms with E-state index in [-0.39, 0.29) is 0 Å². The van der Waals surface area contributed by atoms with Crippen LogP contribution in [0.4, 0.5) is 0 Å².